The standard InChI is InChI=1S/C18H35N3O3S.HI/c1-5-15(6-2)16-7-10-21(13-16)17(19-3)20-14-18(25(4,22)23)8-11-24-12-9-18;/h15-16H,5-14H2,1-4H3,(H,19,20);1H. The van der Waals surface area contributed by atoms with Crippen molar-refractivity contribution in [1.82, 2.24) is 10.2 Å². The Morgan fingerprint density at radius 3 is 2.42 bits per heavy atom. The van der Waals surface area contributed by atoms with Gasteiger partial charge in [-0.25, -0.2) is 8.42 Å². The van der Waals surface area contributed by atoms with E-state index < -0.39 is 14.6 Å². The Kier molecular flexibility index (Phi) is 9.63. The number of nitrogens with zero attached hydrogens (tertiary/aromatic N) is 2. The van der Waals surface area contributed by atoms with Crippen molar-refractivity contribution in [3.63, 3.8) is 0 Å². The minimum Gasteiger partial charge on any atom is -0.381 e. The van der Waals surface area contributed by atoms with Gasteiger partial charge in [0.25, 0.3) is 0 Å². The molecule has 1 atom stereocenters. The molecule has 0 saturated carbocycles. The SMILES string of the molecule is CCC(CC)C1CCN(C(=NC)NCC2(S(C)(=O)=O)CCOCC2)C1.I. The van der Waals surface area contributed by atoms with Crippen molar-refractivity contribution in [2.45, 2.75) is 50.7 Å². The molecule has 0 aromatic heterocycles. The van der Waals surface area contributed by atoms with Crippen molar-refractivity contribution < 1.29 is 13.2 Å². The normalized spacial score (nSPS) is 23.8. The van der Waals surface area contributed by atoms with Gasteiger partial charge in [-0.3, -0.25) is 4.99 Å². The zero-order valence-electron chi connectivity index (χ0n) is 16.7. The maximum Gasteiger partial charge on any atom is 0.193 e. The van der Waals surface area contributed by atoms with Gasteiger partial charge in [0, 0.05) is 46.2 Å². The molecule has 2 fully saturated rings. The fourth-order valence-electron chi connectivity index (χ4n) is 4.31. The monoisotopic (exact) mass is 501 g/mol. The van der Waals surface area contributed by atoms with Crippen molar-refractivity contribution in [2.75, 3.05) is 46.2 Å². The Morgan fingerprint density at radius 2 is 1.92 bits per heavy atom. The van der Waals surface area contributed by atoms with Gasteiger partial charge < -0.3 is 15.0 Å². The van der Waals surface area contributed by atoms with E-state index >= 15 is 0 Å². The molecule has 2 aliphatic heterocycles. The number of aliphatic imine (C=N–C) groups is 1. The number of nitrogens with one attached hydrogen (secondary N) is 1. The van der Waals surface area contributed by atoms with Gasteiger partial charge in [-0.1, -0.05) is 26.7 Å². The second kappa shape index (κ2) is 10.5. The highest BCUT2D eigenvalue weighted by Gasteiger charge is 2.42. The van der Waals surface area contributed by atoms with Crippen LogP contribution >= 0.6 is 24.0 Å². The van der Waals surface area contributed by atoms with E-state index in [9.17, 15) is 8.42 Å². The van der Waals surface area contributed by atoms with Crippen molar-refractivity contribution in [1.29, 1.82) is 0 Å². The molecule has 0 aromatic carbocycles. The number of likely N-dealkylation sites (tertiary alicyclic amines) is 1. The van der Waals surface area contributed by atoms with E-state index in [4.69, 9.17) is 4.74 Å². The molecule has 26 heavy (non-hydrogen) atoms. The van der Waals surface area contributed by atoms with E-state index in [1.807, 2.05) is 0 Å². The van der Waals surface area contributed by atoms with Crippen LogP contribution in [0.4, 0.5) is 0 Å². The molecule has 2 rings (SSSR count). The van der Waals surface area contributed by atoms with E-state index in [-0.39, 0.29) is 24.0 Å². The highest BCUT2D eigenvalue weighted by Crippen LogP contribution is 2.30. The van der Waals surface area contributed by atoms with Gasteiger partial charge in [0.2, 0.25) is 0 Å². The van der Waals surface area contributed by atoms with Crippen LogP contribution in [-0.2, 0) is 14.6 Å². The summed E-state index contributed by atoms with van der Waals surface area (Å²) in [6, 6.07) is 0. The summed E-state index contributed by atoms with van der Waals surface area (Å²) in [6.07, 6.45) is 6.08. The van der Waals surface area contributed by atoms with Crippen LogP contribution in [0.25, 0.3) is 0 Å². The zero-order valence-corrected chi connectivity index (χ0v) is 19.8. The average Bonchev–Trinajstić information content (AvgIpc) is 3.06. The second-order valence-corrected chi connectivity index (χ2v) is 9.95. The number of guanidine groups is 1. The van der Waals surface area contributed by atoms with Gasteiger partial charge in [0.1, 0.15) is 0 Å². The lowest BCUT2D eigenvalue weighted by Crippen LogP contribution is -2.54. The van der Waals surface area contributed by atoms with Crippen LogP contribution in [0.5, 0.6) is 0 Å². The average molecular weight is 501 g/mol. The molecule has 1 N–H and O–H groups in total. The number of hydrogen-bond acceptors (Lipinski definition) is 4. The van der Waals surface area contributed by atoms with Gasteiger partial charge in [-0.15, -0.1) is 24.0 Å². The quantitative estimate of drug-likeness (QED) is 0.344. The number of hydrogen-bond donors (Lipinski definition) is 1. The van der Waals surface area contributed by atoms with Gasteiger partial charge in [0.05, 0.1) is 4.75 Å². The predicted octanol–water partition coefficient (Wildman–Crippen LogP) is 2.53. The largest absolute Gasteiger partial charge is 0.381 e. The summed E-state index contributed by atoms with van der Waals surface area (Å²) in [5.41, 5.74) is 0. The maximum atomic E-state index is 12.4. The summed E-state index contributed by atoms with van der Waals surface area (Å²) in [6.45, 7) is 7.97. The highest BCUT2D eigenvalue weighted by atomic mass is 127. The van der Waals surface area contributed by atoms with Crippen molar-refractivity contribution >= 4 is 39.8 Å². The second-order valence-electron chi connectivity index (χ2n) is 7.54. The van der Waals surface area contributed by atoms with Crippen LogP contribution < -0.4 is 5.32 Å². The molecule has 2 heterocycles. The molecule has 2 saturated heterocycles. The molecule has 0 aromatic rings. The van der Waals surface area contributed by atoms with Crippen LogP contribution in [0, 0.1) is 11.8 Å². The third-order valence-corrected chi connectivity index (χ3v) is 8.34. The molecule has 0 amide bonds. The van der Waals surface area contributed by atoms with Gasteiger partial charge in [0.15, 0.2) is 15.8 Å². The van der Waals surface area contributed by atoms with Gasteiger partial charge >= 0.3 is 0 Å². The van der Waals surface area contributed by atoms with Crippen molar-refractivity contribution in [3.8, 4) is 0 Å². The smallest absolute Gasteiger partial charge is 0.193 e. The molecule has 0 radical (unpaired) electrons. The Hall–Kier alpha value is -0.0900. The lowest BCUT2D eigenvalue weighted by molar-refractivity contribution is 0.0754. The zero-order chi connectivity index (χ0) is 18.5. The van der Waals surface area contributed by atoms with E-state index in [1.54, 1.807) is 7.05 Å². The van der Waals surface area contributed by atoms with Gasteiger partial charge in [-0.2, -0.15) is 0 Å². The van der Waals surface area contributed by atoms with Crippen LogP contribution in [0.15, 0.2) is 4.99 Å². The van der Waals surface area contributed by atoms with Crippen molar-refractivity contribution in [2.24, 2.45) is 16.8 Å². The topological polar surface area (TPSA) is 71.0 Å². The van der Waals surface area contributed by atoms with Crippen LogP contribution in [0.1, 0.15) is 46.0 Å². The van der Waals surface area contributed by atoms with Crippen LogP contribution in [0.2, 0.25) is 0 Å². The minimum absolute atomic E-state index is 0. The predicted molar refractivity (Wildman–Crippen MR) is 118 cm³/mol. The molecule has 1 unspecified atom stereocenters. The maximum absolute atomic E-state index is 12.4. The van der Waals surface area contributed by atoms with Gasteiger partial charge in [-0.05, 0) is 31.1 Å². The first kappa shape index (κ1) is 23.9. The minimum atomic E-state index is -3.16. The molecule has 0 aliphatic carbocycles. The summed E-state index contributed by atoms with van der Waals surface area (Å²) in [4.78, 5) is 6.71. The third kappa shape index (κ3) is 5.47. The molecule has 0 bridgehead atoms. The summed E-state index contributed by atoms with van der Waals surface area (Å²) in [5, 5.41) is 3.37. The summed E-state index contributed by atoms with van der Waals surface area (Å²) in [7, 11) is -1.38. The lowest BCUT2D eigenvalue weighted by atomic mass is 9.87. The summed E-state index contributed by atoms with van der Waals surface area (Å²) in [5.74, 6) is 2.31. The fourth-order valence-corrected chi connectivity index (χ4v) is 5.56. The first-order valence-electron chi connectivity index (χ1n) is 9.59. The van der Waals surface area contributed by atoms with Crippen molar-refractivity contribution in [3.05, 3.63) is 0 Å². The molecular weight excluding hydrogens is 465 g/mol. The number of rotatable bonds is 6. The van der Waals surface area contributed by atoms with E-state index in [0.29, 0.717) is 38.5 Å². The Morgan fingerprint density at radius 1 is 1.31 bits per heavy atom. The molecule has 154 valence electrons. The molecule has 6 nitrogen and oxygen atoms in total. The first-order valence-corrected chi connectivity index (χ1v) is 11.5. The lowest BCUT2D eigenvalue weighted by Gasteiger charge is -2.36. The molecular formula is C18H36IN3O3S. The Balaban J connectivity index is 0.00000338. The molecule has 2 aliphatic rings. The number of ether oxygens (including phenoxy) is 1. The van der Waals surface area contributed by atoms with Crippen LogP contribution in [0.3, 0.4) is 0 Å². The summed E-state index contributed by atoms with van der Waals surface area (Å²) < 4.78 is 29.4. The fraction of sp³-hybridized carbons (Fsp3) is 0.944. The number of sulfone groups is 1. The van der Waals surface area contributed by atoms with Crippen LogP contribution in [-0.4, -0.2) is 70.2 Å². The number of halogens is 1. The van der Waals surface area contributed by atoms with E-state index in [1.165, 1.54) is 25.5 Å². The highest BCUT2D eigenvalue weighted by molar-refractivity contribution is 14.0. The molecule has 8 heteroatoms. The first-order chi connectivity index (χ1) is 11.9. The van der Waals surface area contributed by atoms with E-state index in [0.717, 1.165) is 25.0 Å². The third-order valence-electron chi connectivity index (χ3n) is 6.21. The van der Waals surface area contributed by atoms with E-state index in [2.05, 4.69) is 29.1 Å². The Labute approximate surface area is 176 Å². The molecule has 0 spiro atoms. The summed E-state index contributed by atoms with van der Waals surface area (Å²) >= 11 is 0. The Bertz CT molecular complexity index is 558.